The van der Waals surface area contributed by atoms with E-state index in [9.17, 15) is 9.00 Å². The van der Waals surface area contributed by atoms with Gasteiger partial charge in [-0.1, -0.05) is 6.07 Å². The van der Waals surface area contributed by atoms with Gasteiger partial charge in [-0.15, -0.1) is 0 Å². The molecule has 1 aromatic carbocycles. The van der Waals surface area contributed by atoms with Crippen molar-refractivity contribution in [3.8, 4) is 11.5 Å². The molecule has 1 atom stereocenters. The number of hydrogen-bond acceptors (Lipinski definition) is 4. The first-order valence-corrected chi connectivity index (χ1v) is 9.12. The molecule has 0 fully saturated rings. The molecule has 0 aliphatic carbocycles. The van der Waals surface area contributed by atoms with Gasteiger partial charge in [0.15, 0.2) is 22.9 Å². The fourth-order valence-corrected chi connectivity index (χ4v) is 2.62. The Morgan fingerprint density at radius 1 is 1.12 bits per heavy atom. The zero-order valence-electron chi connectivity index (χ0n) is 14.2. The lowest BCUT2D eigenvalue weighted by atomic mass is 10.2. The quantitative estimate of drug-likeness (QED) is 0.806. The van der Waals surface area contributed by atoms with E-state index in [0.717, 1.165) is 17.0 Å². The maximum Gasteiger partial charge on any atom is 0.182 e. The van der Waals surface area contributed by atoms with Crippen LogP contribution in [-0.2, 0) is 10.8 Å². The smallest absolute Gasteiger partial charge is 0.182 e. The standard InChI is InChI=1S/C18H21NO4S/c1-13-9-16(20)10-14(2)19(13)8-7-15-5-6-17(22-3)18(11-15)23-12-24(4)21/h5-11H,12H2,1-4H3. The van der Waals surface area contributed by atoms with Gasteiger partial charge in [-0.3, -0.25) is 9.00 Å². The Morgan fingerprint density at radius 2 is 1.79 bits per heavy atom. The Morgan fingerprint density at radius 3 is 2.38 bits per heavy atom. The first-order chi connectivity index (χ1) is 11.4. The number of ether oxygens (including phenoxy) is 2. The van der Waals surface area contributed by atoms with Crippen molar-refractivity contribution >= 4 is 23.1 Å². The first-order valence-electron chi connectivity index (χ1n) is 7.39. The third kappa shape index (κ3) is 4.58. The molecular weight excluding hydrogens is 326 g/mol. The number of methoxy groups -OCH3 is 1. The van der Waals surface area contributed by atoms with E-state index in [-0.39, 0.29) is 11.4 Å². The zero-order valence-corrected chi connectivity index (χ0v) is 15.1. The fraction of sp³-hybridized carbons (Fsp3) is 0.278. The molecular formula is C18H21NO4S. The van der Waals surface area contributed by atoms with Gasteiger partial charge in [-0.2, -0.15) is 0 Å². The summed E-state index contributed by atoms with van der Waals surface area (Å²) < 4.78 is 24.0. The van der Waals surface area contributed by atoms with Gasteiger partial charge in [0.25, 0.3) is 0 Å². The summed E-state index contributed by atoms with van der Waals surface area (Å²) in [6.07, 6.45) is 5.39. The average molecular weight is 347 g/mol. The molecule has 1 heterocycles. The number of benzene rings is 1. The van der Waals surface area contributed by atoms with Crippen LogP contribution in [0.25, 0.3) is 12.3 Å². The molecule has 0 N–H and O–H groups in total. The first kappa shape index (κ1) is 18.0. The summed E-state index contributed by atoms with van der Waals surface area (Å²) in [5.74, 6) is 1.25. The SMILES string of the molecule is COc1ccc(C=Cn2c(C)cc(=O)cc2C)cc1OCS(C)=O. The fourth-order valence-electron chi connectivity index (χ4n) is 2.32. The van der Waals surface area contributed by atoms with Crippen LogP contribution in [0.15, 0.2) is 35.1 Å². The molecule has 0 bridgehead atoms. The van der Waals surface area contributed by atoms with Gasteiger partial charge in [0.2, 0.25) is 0 Å². The minimum atomic E-state index is -1.05. The van der Waals surface area contributed by atoms with Crippen molar-refractivity contribution in [2.75, 3.05) is 19.3 Å². The lowest BCUT2D eigenvalue weighted by Crippen LogP contribution is -2.08. The van der Waals surface area contributed by atoms with Crippen LogP contribution in [0.1, 0.15) is 17.0 Å². The van der Waals surface area contributed by atoms with Crippen molar-refractivity contribution in [2.45, 2.75) is 13.8 Å². The maximum atomic E-state index is 11.5. The highest BCUT2D eigenvalue weighted by molar-refractivity contribution is 7.84. The van der Waals surface area contributed by atoms with E-state index < -0.39 is 10.8 Å². The van der Waals surface area contributed by atoms with Crippen molar-refractivity contribution in [1.29, 1.82) is 0 Å². The average Bonchev–Trinajstić information content (AvgIpc) is 2.52. The van der Waals surface area contributed by atoms with E-state index in [0.29, 0.717) is 11.5 Å². The molecule has 5 nitrogen and oxygen atoms in total. The summed E-state index contributed by atoms with van der Waals surface area (Å²) in [5, 5.41) is 0. The molecule has 6 heteroatoms. The Kier molecular flexibility index (Phi) is 5.98. The van der Waals surface area contributed by atoms with Gasteiger partial charge in [-0.25, -0.2) is 0 Å². The van der Waals surface area contributed by atoms with E-state index in [4.69, 9.17) is 9.47 Å². The summed E-state index contributed by atoms with van der Waals surface area (Å²) in [5.41, 5.74) is 2.64. The van der Waals surface area contributed by atoms with Crippen LogP contribution < -0.4 is 14.9 Å². The highest BCUT2D eigenvalue weighted by atomic mass is 32.2. The molecule has 0 saturated heterocycles. The monoisotopic (exact) mass is 347 g/mol. The van der Waals surface area contributed by atoms with Gasteiger partial charge in [0.05, 0.1) is 17.9 Å². The molecule has 1 unspecified atom stereocenters. The Labute approximate surface area is 144 Å². The molecule has 24 heavy (non-hydrogen) atoms. The summed E-state index contributed by atoms with van der Waals surface area (Å²) in [6, 6.07) is 8.72. The number of pyridine rings is 1. The molecule has 2 rings (SSSR count). The molecule has 0 saturated carbocycles. The molecule has 128 valence electrons. The third-order valence-corrected chi connectivity index (χ3v) is 3.90. The van der Waals surface area contributed by atoms with Crippen LogP contribution in [0.3, 0.4) is 0 Å². The van der Waals surface area contributed by atoms with Gasteiger partial charge >= 0.3 is 0 Å². The van der Waals surface area contributed by atoms with Crippen LogP contribution in [0.5, 0.6) is 11.5 Å². The Balaban J connectivity index is 2.31. The predicted molar refractivity (Wildman–Crippen MR) is 98.0 cm³/mol. The van der Waals surface area contributed by atoms with Crippen LogP contribution in [0, 0.1) is 13.8 Å². The normalized spacial score (nSPS) is 12.3. The minimum absolute atomic E-state index is 0.00218. The van der Waals surface area contributed by atoms with E-state index in [1.165, 1.54) is 0 Å². The lowest BCUT2D eigenvalue weighted by Gasteiger charge is -2.11. The van der Waals surface area contributed by atoms with Crippen molar-refractivity contribution < 1.29 is 13.7 Å². The van der Waals surface area contributed by atoms with Gasteiger partial charge in [-0.05, 0) is 37.6 Å². The van der Waals surface area contributed by atoms with Crippen molar-refractivity contribution in [2.24, 2.45) is 0 Å². The Hall–Kier alpha value is -2.34. The number of nitrogens with zero attached hydrogens (tertiary/aromatic N) is 1. The highest BCUT2D eigenvalue weighted by Crippen LogP contribution is 2.28. The van der Waals surface area contributed by atoms with Crippen LogP contribution >= 0.6 is 0 Å². The summed E-state index contributed by atoms with van der Waals surface area (Å²) in [4.78, 5) is 11.5. The number of aromatic nitrogens is 1. The molecule has 0 amide bonds. The second-order valence-corrected chi connectivity index (χ2v) is 6.79. The number of aryl methyl sites for hydroxylation is 2. The van der Waals surface area contributed by atoms with Crippen molar-refractivity contribution in [3.05, 3.63) is 57.5 Å². The molecule has 0 radical (unpaired) electrons. The zero-order chi connectivity index (χ0) is 17.7. The van der Waals surface area contributed by atoms with Crippen LogP contribution in [0.2, 0.25) is 0 Å². The third-order valence-electron chi connectivity index (χ3n) is 3.45. The molecule has 0 aliphatic rings. The van der Waals surface area contributed by atoms with Crippen molar-refractivity contribution in [3.63, 3.8) is 0 Å². The summed E-state index contributed by atoms with van der Waals surface area (Å²) in [7, 11) is 0.509. The Bertz CT molecular complexity index is 813. The maximum absolute atomic E-state index is 11.5. The van der Waals surface area contributed by atoms with Crippen LogP contribution in [-0.4, -0.2) is 28.1 Å². The topological polar surface area (TPSA) is 57.5 Å². The minimum Gasteiger partial charge on any atom is -0.493 e. The van der Waals surface area contributed by atoms with Gasteiger partial charge in [0.1, 0.15) is 0 Å². The summed E-state index contributed by atoms with van der Waals surface area (Å²) in [6.45, 7) is 3.77. The van der Waals surface area contributed by atoms with E-state index >= 15 is 0 Å². The lowest BCUT2D eigenvalue weighted by molar-refractivity contribution is 0.341. The number of hydrogen-bond donors (Lipinski definition) is 0. The highest BCUT2D eigenvalue weighted by Gasteiger charge is 2.06. The molecule has 0 aliphatic heterocycles. The largest absolute Gasteiger partial charge is 0.493 e. The predicted octanol–water partition coefficient (Wildman–Crippen LogP) is 2.82. The second kappa shape index (κ2) is 7.97. The summed E-state index contributed by atoms with van der Waals surface area (Å²) >= 11 is 0. The van der Waals surface area contributed by atoms with Gasteiger partial charge < -0.3 is 14.0 Å². The number of rotatable bonds is 6. The van der Waals surface area contributed by atoms with E-state index in [2.05, 4.69) is 0 Å². The molecule has 2 aromatic rings. The molecule has 0 spiro atoms. The van der Waals surface area contributed by atoms with E-state index in [1.807, 2.05) is 42.8 Å². The van der Waals surface area contributed by atoms with Gasteiger partial charge in [0, 0.05) is 36.0 Å². The van der Waals surface area contributed by atoms with Crippen molar-refractivity contribution in [1.82, 2.24) is 4.57 Å². The molecule has 1 aromatic heterocycles. The van der Waals surface area contributed by atoms with Crippen LogP contribution in [0.4, 0.5) is 0 Å². The van der Waals surface area contributed by atoms with E-state index in [1.54, 1.807) is 31.6 Å². The second-order valence-electron chi connectivity index (χ2n) is 5.41.